The molecule has 94 valence electrons. The van der Waals surface area contributed by atoms with Crippen LogP contribution < -0.4 is 16.6 Å². The lowest BCUT2D eigenvalue weighted by molar-refractivity contribution is 0.252. The molecule has 1 heterocycles. The van der Waals surface area contributed by atoms with Crippen LogP contribution in [0.3, 0.4) is 0 Å². The zero-order chi connectivity index (χ0) is 13.1. The third-order valence-electron chi connectivity index (χ3n) is 2.63. The van der Waals surface area contributed by atoms with E-state index in [1.165, 1.54) is 0 Å². The number of rotatable bonds is 2. The van der Waals surface area contributed by atoms with Crippen molar-refractivity contribution in [3.63, 3.8) is 0 Å². The first-order chi connectivity index (χ1) is 8.60. The van der Waals surface area contributed by atoms with Crippen LogP contribution in [-0.2, 0) is 0 Å². The van der Waals surface area contributed by atoms with Gasteiger partial charge in [-0.05, 0) is 31.5 Å². The van der Waals surface area contributed by atoms with Crippen LogP contribution in [-0.4, -0.2) is 16.2 Å². The molecule has 1 aromatic heterocycles. The maximum Gasteiger partial charge on any atom is 0.333 e. The van der Waals surface area contributed by atoms with E-state index in [9.17, 15) is 4.79 Å². The van der Waals surface area contributed by atoms with E-state index in [1.54, 1.807) is 0 Å². The number of anilines is 1. The van der Waals surface area contributed by atoms with Crippen molar-refractivity contribution in [2.45, 2.75) is 13.8 Å². The van der Waals surface area contributed by atoms with Crippen molar-refractivity contribution in [3.05, 3.63) is 35.5 Å². The molecule has 0 spiro atoms. The molecular formula is C12H15N5O. The molecule has 2 aromatic rings. The van der Waals surface area contributed by atoms with Gasteiger partial charge in [0.2, 0.25) is 0 Å². The summed E-state index contributed by atoms with van der Waals surface area (Å²) < 4.78 is 0. The number of nitrogens with zero attached hydrogens (tertiary/aromatic N) is 1. The van der Waals surface area contributed by atoms with Gasteiger partial charge in [0.25, 0.3) is 0 Å². The standard InChI is InChI=1S/C12H15N5O/c1-7-3-4-9(11-5-8(2)16-17-11)6-10(7)14-12(18)15-13/h3-6H,13H2,1-2H3,(H,16,17)(H2,14,15,18). The molecule has 0 saturated heterocycles. The first kappa shape index (κ1) is 12.1. The van der Waals surface area contributed by atoms with Gasteiger partial charge in [0.1, 0.15) is 0 Å². The van der Waals surface area contributed by atoms with Crippen molar-refractivity contribution in [3.8, 4) is 11.3 Å². The quantitative estimate of drug-likeness (QED) is 0.368. The second kappa shape index (κ2) is 4.89. The zero-order valence-corrected chi connectivity index (χ0v) is 10.2. The summed E-state index contributed by atoms with van der Waals surface area (Å²) in [6, 6.07) is 7.26. The van der Waals surface area contributed by atoms with Crippen molar-refractivity contribution in [1.29, 1.82) is 0 Å². The molecule has 5 N–H and O–H groups in total. The number of nitrogens with one attached hydrogen (secondary N) is 3. The fourth-order valence-corrected chi connectivity index (χ4v) is 1.65. The number of carbonyl (C=O) groups is 1. The summed E-state index contributed by atoms with van der Waals surface area (Å²) in [4.78, 5) is 11.2. The number of hydrogen-bond donors (Lipinski definition) is 4. The van der Waals surface area contributed by atoms with Gasteiger partial charge in [-0.15, -0.1) is 0 Å². The Morgan fingerprint density at radius 1 is 1.33 bits per heavy atom. The Morgan fingerprint density at radius 3 is 2.72 bits per heavy atom. The first-order valence-electron chi connectivity index (χ1n) is 5.51. The van der Waals surface area contributed by atoms with Gasteiger partial charge in [-0.2, -0.15) is 5.10 Å². The number of aromatic amines is 1. The fraction of sp³-hybridized carbons (Fsp3) is 0.167. The lowest BCUT2D eigenvalue weighted by atomic mass is 10.1. The van der Waals surface area contributed by atoms with E-state index in [4.69, 9.17) is 5.84 Å². The van der Waals surface area contributed by atoms with Crippen LogP contribution in [0.4, 0.5) is 10.5 Å². The zero-order valence-electron chi connectivity index (χ0n) is 10.2. The van der Waals surface area contributed by atoms with Crippen molar-refractivity contribution in [1.82, 2.24) is 15.6 Å². The van der Waals surface area contributed by atoms with Crippen LogP contribution in [0.25, 0.3) is 11.3 Å². The number of benzene rings is 1. The molecule has 0 aliphatic rings. The number of urea groups is 1. The molecule has 0 aliphatic heterocycles. The van der Waals surface area contributed by atoms with Gasteiger partial charge in [-0.25, -0.2) is 10.6 Å². The number of hydrogen-bond acceptors (Lipinski definition) is 3. The molecule has 2 rings (SSSR count). The summed E-state index contributed by atoms with van der Waals surface area (Å²) in [6.07, 6.45) is 0. The predicted molar refractivity (Wildman–Crippen MR) is 69.8 cm³/mol. The Kier molecular flexibility index (Phi) is 3.29. The highest BCUT2D eigenvalue weighted by Crippen LogP contribution is 2.24. The van der Waals surface area contributed by atoms with Crippen LogP contribution in [0.1, 0.15) is 11.3 Å². The number of H-pyrrole nitrogens is 1. The Labute approximate surface area is 105 Å². The first-order valence-corrected chi connectivity index (χ1v) is 5.51. The molecular weight excluding hydrogens is 230 g/mol. The SMILES string of the molecule is Cc1cc(-c2ccc(C)c(NC(=O)NN)c2)[nH]n1. The van der Waals surface area contributed by atoms with Crippen molar-refractivity contribution < 1.29 is 4.79 Å². The van der Waals surface area contributed by atoms with Crippen molar-refractivity contribution in [2.24, 2.45) is 5.84 Å². The Morgan fingerprint density at radius 2 is 2.11 bits per heavy atom. The third kappa shape index (κ3) is 2.49. The third-order valence-corrected chi connectivity index (χ3v) is 2.63. The molecule has 6 nitrogen and oxygen atoms in total. The second-order valence-electron chi connectivity index (χ2n) is 4.05. The molecule has 2 amide bonds. The summed E-state index contributed by atoms with van der Waals surface area (Å²) in [6.45, 7) is 3.82. The summed E-state index contributed by atoms with van der Waals surface area (Å²) in [5.41, 5.74) is 6.48. The van der Waals surface area contributed by atoms with Gasteiger partial charge in [0.15, 0.2) is 0 Å². The molecule has 0 saturated carbocycles. The van der Waals surface area contributed by atoms with Gasteiger partial charge >= 0.3 is 6.03 Å². The average molecular weight is 245 g/mol. The highest BCUT2D eigenvalue weighted by molar-refractivity contribution is 5.90. The van der Waals surface area contributed by atoms with Crippen molar-refractivity contribution >= 4 is 11.7 Å². The lowest BCUT2D eigenvalue weighted by Crippen LogP contribution is -2.34. The normalized spacial score (nSPS) is 10.2. The van der Waals surface area contributed by atoms with E-state index in [-0.39, 0.29) is 0 Å². The van der Waals surface area contributed by atoms with E-state index >= 15 is 0 Å². The number of nitrogens with two attached hydrogens (primary N) is 1. The van der Waals surface area contributed by atoms with Crippen LogP contribution >= 0.6 is 0 Å². The van der Waals surface area contributed by atoms with E-state index in [1.807, 2.05) is 43.5 Å². The number of amides is 2. The minimum atomic E-state index is -0.448. The van der Waals surface area contributed by atoms with Gasteiger partial charge < -0.3 is 5.32 Å². The molecule has 0 unspecified atom stereocenters. The molecule has 0 bridgehead atoms. The highest BCUT2D eigenvalue weighted by atomic mass is 16.2. The molecule has 0 fully saturated rings. The monoisotopic (exact) mass is 245 g/mol. The second-order valence-corrected chi connectivity index (χ2v) is 4.05. The van der Waals surface area contributed by atoms with E-state index in [0.717, 1.165) is 22.5 Å². The van der Waals surface area contributed by atoms with E-state index < -0.39 is 6.03 Å². The average Bonchev–Trinajstić information content (AvgIpc) is 2.78. The summed E-state index contributed by atoms with van der Waals surface area (Å²) in [5.74, 6) is 5.04. The van der Waals surface area contributed by atoms with E-state index in [0.29, 0.717) is 5.69 Å². The fourth-order valence-electron chi connectivity index (χ4n) is 1.65. The predicted octanol–water partition coefficient (Wildman–Crippen LogP) is 1.69. The maximum atomic E-state index is 11.2. The summed E-state index contributed by atoms with van der Waals surface area (Å²) in [5, 5.41) is 9.68. The molecule has 0 aliphatic carbocycles. The lowest BCUT2D eigenvalue weighted by Gasteiger charge is -2.09. The minimum absolute atomic E-state index is 0.448. The molecule has 1 aromatic carbocycles. The smallest absolute Gasteiger partial charge is 0.307 e. The van der Waals surface area contributed by atoms with Gasteiger partial charge in [-0.1, -0.05) is 12.1 Å². The van der Waals surface area contributed by atoms with Gasteiger partial charge in [0, 0.05) is 11.3 Å². The summed E-state index contributed by atoms with van der Waals surface area (Å²) >= 11 is 0. The Balaban J connectivity index is 2.34. The summed E-state index contributed by atoms with van der Waals surface area (Å²) in [7, 11) is 0. The number of carbonyl (C=O) groups excluding carboxylic acids is 1. The maximum absolute atomic E-state index is 11.2. The Hall–Kier alpha value is -2.34. The number of aromatic nitrogens is 2. The van der Waals surface area contributed by atoms with Crippen molar-refractivity contribution in [2.75, 3.05) is 5.32 Å². The number of hydrazine groups is 1. The van der Waals surface area contributed by atoms with E-state index in [2.05, 4.69) is 15.5 Å². The van der Waals surface area contributed by atoms with Crippen LogP contribution in [0.15, 0.2) is 24.3 Å². The Bertz CT molecular complexity index is 576. The topological polar surface area (TPSA) is 95.8 Å². The van der Waals surface area contributed by atoms with Crippen LogP contribution in [0, 0.1) is 13.8 Å². The van der Waals surface area contributed by atoms with Crippen LogP contribution in [0.5, 0.6) is 0 Å². The van der Waals surface area contributed by atoms with Crippen LogP contribution in [0.2, 0.25) is 0 Å². The van der Waals surface area contributed by atoms with Gasteiger partial charge in [-0.3, -0.25) is 10.5 Å². The molecule has 0 atom stereocenters. The largest absolute Gasteiger partial charge is 0.333 e. The highest BCUT2D eigenvalue weighted by Gasteiger charge is 2.06. The minimum Gasteiger partial charge on any atom is -0.307 e. The molecule has 6 heteroatoms. The molecule has 18 heavy (non-hydrogen) atoms. The molecule has 0 radical (unpaired) electrons. The number of aryl methyl sites for hydroxylation is 2. The van der Waals surface area contributed by atoms with Gasteiger partial charge in [0.05, 0.1) is 11.4 Å².